The molecule has 0 spiro atoms. The van der Waals surface area contributed by atoms with E-state index in [1.54, 1.807) is 0 Å². The monoisotopic (exact) mass is 387 g/mol. The zero-order valence-electron chi connectivity index (χ0n) is 18.1. The first-order chi connectivity index (χ1) is 13.3. The number of pyridine rings is 1. The fraction of sp³-hybridized carbons (Fsp3) is 0.739. The van der Waals surface area contributed by atoms with Crippen molar-refractivity contribution in [3.05, 3.63) is 23.9 Å². The van der Waals surface area contributed by atoms with Gasteiger partial charge in [0.05, 0.1) is 0 Å². The van der Waals surface area contributed by atoms with E-state index >= 15 is 0 Å². The number of rotatable bonds is 4. The minimum absolute atomic E-state index is 0.150. The van der Waals surface area contributed by atoms with Crippen LogP contribution in [0.15, 0.2) is 18.2 Å². The van der Waals surface area contributed by atoms with Crippen molar-refractivity contribution in [1.29, 1.82) is 0 Å². The van der Waals surface area contributed by atoms with E-state index in [0.29, 0.717) is 0 Å². The van der Waals surface area contributed by atoms with Gasteiger partial charge in [0.2, 0.25) is 0 Å². The van der Waals surface area contributed by atoms with Crippen molar-refractivity contribution < 1.29 is 9.53 Å². The lowest BCUT2D eigenvalue weighted by atomic mass is 9.85. The molecule has 2 fully saturated rings. The van der Waals surface area contributed by atoms with Crippen LogP contribution in [0.2, 0.25) is 0 Å². The Hall–Kier alpha value is -1.78. The predicted molar refractivity (Wildman–Crippen MR) is 114 cm³/mol. The number of aromatic nitrogens is 1. The molecule has 2 aliphatic heterocycles. The van der Waals surface area contributed by atoms with Gasteiger partial charge in [-0.05, 0) is 77.3 Å². The van der Waals surface area contributed by atoms with Gasteiger partial charge in [-0.2, -0.15) is 0 Å². The number of anilines is 1. The van der Waals surface area contributed by atoms with Crippen molar-refractivity contribution >= 4 is 11.9 Å². The number of likely N-dealkylation sites (tertiary alicyclic amines) is 1. The number of carbonyl (C=O) groups excluding carboxylic acids is 1. The molecule has 5 heteroatoms. The van der Waals surface area contributed by atoms with Crippen LogP contribution in [-0.2, 0) is 4.74 Å². The number of piperidine rings is 2. The molecule has 0 radical (unpaired) electrons. The van der Waals surface area contributed by atoms with Crippen molar-refractivity contribution in [2.24, 2.45) is 11.8 Å². The van der Waals surface area contributed by atoms with Crippen molar-refractivity contribution in [1.82, 2.24) is 9.88 Å². The number of ether oxygens (including phenoxy) is 1. The maximum absolute atomic E-state index is 12.2. The van der Waals surface area contributed by atoms with Crippen LogP contribution in [-0.4, -0.2) is 47.8 Å². The average molecular weight is 388 g/mol. The fourth-order valence-corrected chi connectivity index (χ4v) is 4.36. The SMILES string of the molecule is Cc1cccc(N2CCC(CCC3CCN(C(=O)OC(C)(C)C)CC3)CC2)n1. The first-order valence-corrected chi connectivity index (χ1v) is 11.0. The standard InChI is InChI=1S/C23H37N3O2/c1-18-6-5-7-21(24-18)25-14-10-19(11-15-25)8-9-20-12-16-26(17-13-20)22(27)28-23(2,3)4/h5-7,19-20H,8-17H2,1-4H3. The molecular weight excluding hydrogens is 350 g/mol. The summed E-state index contributed by atoms with van der Waals surface area (Å²) in [5.74, 6) is 2.73. The fourth-order valence-electron chi connectivity index (χ4n) is 4.36. The van der Waals surface area contributed by atoms with Crippen LogP contribution in [0.5, 0.6) is 0 Å². The van der Waals surface area contributed by atoms with Gasteiger partial charge < -0.3 is 14.5 Å². The van der Waals surface area contributed by atoms with E-state index in [1.165, 1.54) is 25.7 Å². The van der Waals surface area contributed by atoms with Gasteiger partial charge in [-0.3, -0.25) is 0 Å². The molecule has 1 amide bonds. The second-order valence-electron chi connectivity index (χ2n) is 9.56. The lowest BCUT2D eigenvalue weighted by molar-refractivity contribution is 0.0178. The Kier molecular flexibility index (Phi) is 6.84. The molecule has 0 aromatic carbocycles. The molecule has 2 saturated heterocycles. The molecule has 0 unspecified atom stereocenters. The Balaban J connectivity index is 1.35. The summed E-state index contributed by atoms with van der Waals surface area (Å²) in [6.07, 6.45) is 7.25. The summed E-state index contributed by atoms with van der Waals surface area (Å²) in [5.41, 5.74) is 0.689. The second kappa shape index (κ2) is 9.15. The highest BCUT2D eigenvalue weighted by atomic mass is 16.6. The van der Waals surface area contributed by atoms with E-state index in [9.17, 15) is 4.79 Å². The van der Waals surface area contributed by atoms with Crippen LogP contribution in [0.25, 0.3) is 0 Å². The van der Waals surface area contributed by atoms with Crippen LogP contribution in [0, 0.1) is 18.8 Å². The normalized spacial score (nSPS) is 19.7. The molecule has 0 N–H and O–H groups in total. The molecular formula is C23H37N3O2. The van der Waals surface area contributed by atoms with Crippen molar-refractivity contribution in [3.8, 4) is 0 Å². The highest BCUT2D eigenvalue weighted by molar-refractivity contribution is 5.68. The molecule has 1 aromatic heterocycles. The van der Waals surface area contributed by atoms with Gasteiger partial charge in [0.15, 0.2) is 0 Å². The third-order valence-electron chi connectivity index (χ3n) is 6.06. The minimum Gasteiger partial charge on any atom is -0.444 e. The third-order valence-corrected chi connectivity index (χ3v) is 6.06. The van der Waals surface area contributed by atoms with E-state index in [4.69, 9.17) is 4.74 Å². The first-order valence-electron chi connectivity index (χ1n) is 11.0. The van der Waals surface area contributed by atoms with E-state index < -0.39 is 5.60 Å². The molecule has 3 heterocycles. The number of aryl methyl sites for hydroxylation is 1. The molecule has 0 saturated carbocycles. The molecule has 3 rings (SSSR count). The van der Waals surface area contributed by atoms with E-state index in [2.05, 4.69) is 35.0 Å². The highest BCUT2D eigenvalue weighted by Crippen LogP contribution is 2.30. The Bertz CT molecular complexity index is 639. The summed E-state index contributed by atoms with van der Waals surface area (Å²) in [5, 5.41) is 0. The van der Waals surface area contributed by atoms with Gasteiger partial charge >= 0.3 is 6.09 Å². The predicted octanol–water partition coefficient (Wildman–Crippen LogP) is 5.03. The van der Waals surface area contributed by atoms with Gasteiger partial charge in [0, 0.05) is 31.9 Å². The average Bonchev–Trinajstić information content (AvgIpc) is 2.66. The Morgan fingerprint density at radius 1 is 1.04 bits per heavy atom. The van der Waals surface area contributed by atoms with Gasteiger partial charge in [-0.15, -0.1) is 0 Å². The van der Waals surface area contributed by atoms with Crippen molar-refractivity contribution in [3.63, 3.8) is 0 Å². The first kappa shape index (κ1) is 20.9. The van der Waals surface area contributed by atoms with Crippen molar-refractivity contribution in [2.45, 2.75) is 71.8 Å². The number of amides is 1. The van der Waals surface area contributed by atoms with E-state index in [-0.39, 0.29) is 6.09 Å². The molecule has 156 valence electrons. The van der Waals surface area contributed by atoms with Gasteiger partial charge in [-0.25, -0.2) is 9.78 Å². The van der Waals surface area contributed by atoms with Crippen LogP contribution in [0.1, 0.15) is 65.0 Å². The summed E-state index contributed by atoms with van der Waals surface area (Å²) >= 11 is 0. The number of hydrogen-bond acceptors (Lipinski definition) is 4. The Labute approximate surface area is 170 Å². The summed E-state index contributed by atoms with van der Waals surface area (Å²) in [6, 6.07) is 6.30. The zero-order chi connectivity index (χ0) is 20.1. The lowest BCUT2D eigenvalue weighted by Gasteiger charge is -2.35. The number of hydrogen-bond donors (Lipinski definition) is 0. The summed E-state index contributed by atoms with van der Waals surface area (Å²) < 4.78 is 5.50. The summed E-state index contributed by atoms with van der Waals surface area (Å²) in [7, 11) is 0. The van der Waals surface area contributed by atoms with Gasteiger partial charge in [0.1, 0.15) is 11.4 Å². The van der Waals surface area contributed by atoms with Crippen molar-refractivity contribution in [2.75, 3.05) is 31.1 Å². The summed E-state index contributed by atoms with van der Waals surface area (Å²) in [4.78, 5) is 21.2. The molecule has 2 aliphatic rings. The quantitative estimate of drug-likeness (QED) is 0.726. The number of carbonyl (C=O) groups is 1. The lowest BCUT2D eigenvalue weighted by Crippen LogP contribution is -2.41. The van der Waals surface area contributed by atoms with E-state index in [0.717, 1.165) is 62.4 Å². The molecule has 28 heavy (non-hydrogen) atoms. The third kappa shape index (κ3) is 6.11. The number of nitrogens with zero attached hydrogens (tertiary/aromatic N) is 3. The van der Waals surface area contributed by atoms with Crippen LogP contribution in [0.4, 0.5) is 10.6 Å². The van der Waals surface area contributed by atoms with Crippen LogP contribution in [0.3, 0.4) is 0 Å². The highest BCUT2D eigenvalue weighted by Gasteiger charge is 2.27. The molecule has 0 aliphatic carbocycles. The maximum Gasteiger partial charge on any atom is 0.410 e. The topological polar surface area (TPSA) is 45.7 Å². The molecule has 5 nitrogen and oxygen atoms in total. The van der Waals surface area contributed by atoms with Crippen LogP contribution < -0.4 is 4.90 Å². The van der Waals surface area contributed by atoms with E-state index in [1.807, 2.05) is 25.7 Å². The molecule has 0 atom stereocenters. The molecule has 0 bridgehead atoms. The zero-order valence-corrected chi connectivity index (χ0v) is 18.1. The Morgan fingerprint density at radius 2 is 1.61 bits per heavy atom. The van der Waals surface area contributed by atoms with Gasteiger partial charge in [-0.1, -0.05) is 18.9 Å². The Morgan fingerprint density at radius 3 is 2.14 bits per heavy atom. The maximum atomic E-state index is 12.2. The second-order valence-corrected chi connectivity index (χ2v) is 9.56. The minimum atomic E-state index is -0.406. The summed E-state index contributed by atoms with van der Waals surface area (Å²) in [6.45, 7) is 11.8. The largest absolute Gasteiger partial charge is 0.444 e. The molecule has 1 aromatic rings. The van der Waals surface area contributed by atoms with Gasteiger partial charge in [0.25, 0.3) is 0 Å². The van der Waals surface area contributed by atoms with Crippen LogP contribution >= 0.6 is 0 Å². The smallest absolute Gasteiger partial charge is 0.410 e.